The van der Waals surface area contributed by atoms with Crippen LogP contribution in [0.4, 0.5) is 0 Å². The van der Waals surface area contributed by atoms with Crippen LogP contribution >= 0.6 is 15.9 Å². The number of fused-ring (bicyclic) bond motifs is 1. The minimum absolute atomic E-state index is 0.552. The second-order valence-corrected chi connectivity index (χ2v) is 6.37. The third kappa shape index (κ3) is 2.99. The number of pyridine rings is 1. The molecule has 1 heterocycles. The van der Waals surface area contributed by atoms with Crippen molar-refractivity contribution in [2.75, 3.05) is 0 Å². The Morgan fingerprint density at radius 3 is 2.52 bits per heavy atom. The first-order chi connectivity index (χ1) is 10.1. The van der Waals surface area contributed by atoms with Crippen molar-refractivity contribution >= 4 is 26.8 Å². The molecule has 0 fully saturated rings. The summed E-state index contributed by atoms with van der Waals surface area (Å²) in [7, 11) is 0. The van der Waals surface area contributed by atoms with Crippen molar-refractivity contribution in [3.05, 3.63) is 76.4 Å². The lowest BCUT2D eigenvalue weighted by Crippen LogP contribution is -2.24. The van der Waals surface area contributed by atoms with Gasteiger partial charge >= 0.3 is 0 Å². The zero-order chi connectivity index (χ0) is 14.9. The minimum atomic E-state index is -0.957. The van der Waals surface area contributed by atoms with Crippen LogP contribution in [-0.4, -0.2) is 10.1 Å². The standard InChI is InChI=1S/C18H16BrNO/c1-18(21,12-13-7-9-15(19)10-8-13)16-6-2-4-14-5-3-11-20-17(14)16/h2-11,21H,12H2,1H3. The molecule has 2 nitrogen and oxygen atoms in total. The molecule has 0 radical (unpaired) electrons. The monoisotopic (exact) mass is 341 g/mol. The molecule has 1 N–H and O–H groups in total. The summed E-state index contributed by atoms with van der Waals surface area (Å²) in [6.45, 7) is 1.85. The predicted molar refractivity (Wildman–Crippen MR) is 89.2 cm³/mol. The van der Waals surface area contributed by atoms with Crippen LogP contribution in [0.3, 0.4) is 0 Å². The lowest BCUT2D eigenvalue weighted by Gasteiger charge is -2.25. The Bertz CT molecular complexity index is 760. The summed E-state index contributed by atoms with van der Waals surface area (Å²) < 4.78 is 1.04. The molecule has 0 aliphatic heterocycles. The molecule has 0 aliphatic carbocycles. The highest BCUT2D eigenvalue weighted by molar-refractivity contribution is 9.10. The summed E-state index contributed by atoms with van der Waals surface area (Å²) in [5.74, 6) is 0. The molecule has 1 aromatic heterocycles. The fourth-order valence-corrected chi connectivity index (χ4v) is 2.90. The Morgan fingerprint density at radius 2 is 1.76 bits per heavy atom. The van der Waals surface area contributed by atoms with Gasteiger partial charge in [-0.05, 0) is 30.7 Å². The van der Waals surface area contributed by atoms with E-state index in [1.54, 1.807) is 6.20 Å². The molecule has 1 atom stereocenters. The number of para-hydroxylation sites is 1. The Kier molecular flexibility index (Phi) is 3.79. The zero-order valence-corrected chi connectivity index (χ0v) is 13.3. The second kappa shape index (κ2) is 5.58. The van der Waals surface area contributed by atoms with Crippen LogP contribution in [-0.2, 0) is 12.0 Å². The number of halogens is 1. The summed E-state index contributed by atoms with van der Waals surface area (Å²) in [5, 5.41) is 12.0. The van der Waals surface area contributed by atoms with Crippen molar-refractivity contribution in [3.63, 3.8) is 0 Å². The molecule has 0 spiro atoms. The quantitative estimate of drug-likeness (QED) is 0.763. The molecule has 2 aromatic carbocycles. The van der Waals surface area contributed by atoms with E-state index in [0.29, 0.717) is 6.42 Å². The third-order valence-electron chi connectivity index (χ3n) is 3.67. The molecule has 21 heavy (non-hydrogen) atoms. The van der Waals surface area contributed by atoms with E-state index in [1.807, 2.05) is 61.5 Å². The number of benzene rings is 2. The van der Waals surface area contributed by atoms with E-state index in [9.17, 15) is 5.11 Å². The largest absolute Gasteiger partial charge is 0.385 e. The van der Waals surface area contributed by atoms with Crippen LogP contribution in [0.25, 0.3) is 10.9 Å². The average molecular weight is 342 g/mol. The molecule has 0 saturated heterocycles. The van der Waals surface area contributed by atoms with Gasteiger partial charge in [0.05, 0.1) is 11.1 Å². The van der Waals surface area contributed by atoms with Crippen LogP contribution in [0.15, 0.2) is 65.3 Å². The zero-order valence-electron chi connectivity index (χ0n) is 11.8. The fourth-order valence-electron chi connectivity index (χ4n) is 2.63. The maximum absolute atomic E-state index is 11.0. The summed E-state index contributed by atoms with van der Waals surface area (Å²) >= 11 is 3.43. The van der Waals surface area contributed by atoms with Gasteiger partial charge in [-0.25, -0.2) is 0 Å². The van der Waals surface area contributed by atoms with E-state index < -0.39 is 5.60 Å². The molecular formula is C18H16BrNO. The van der Waals surface area contributed by atoms with Gasteiger partial charge < -0.3 is 5.11 Å². The highest BCUT2D eigenvalue weighted by atomic mass is 79.9. The molecular weight excluding hydrogens is 326 g/mol. The number of rotatable bonds is 3. The van der Waals surface area contributed by atoms with Gasteiger partial charge in [0.25, 0.3) is 0 Å². The lowest BCUT2D eigenvalue weighted by atomic mass is 9.87. The molecule has 1 unspecified atom stereocenters. The fraction of sp³-hybridized carbons (Fsp3) is 0.167. The van der Waals surface area contributed by atoms with Gasteiger partial charge in [-0.15, -0.1) is 0 Å². The molecule has 3 aromatic rings. The third-order valence-corrected chi connectivity index (χ3v) is 4.20. The molecule has 0 amide bonds. The topological polar surface area (TPSA) is 33.1 Å². The van der Waals surface area contributed by atoms with Crippen molar-refractivity contribution in [1.29, 1.82) is 0 Å². The Labute approximate surface area is 132 Å². The first-order valence-corrected chi connectivity index (χ1v) is 7.67. The average Bonchev–Trinajstić information content (AvgIpc) is 2.49. The number of aliphatic hydroxyl groups is 1. The van der Waals surface area contributed by atoms with Crippen LogP contribution in [0.1, 0.15) is 18.1 Å². The van der Waals surface area contributed by atoms with Crippen LogP contribution in [0, 0.1) is 0 Å². The van der Waals surface area contributed by atoms with E-state index in [-0.39, 0.29) is 0 Å². The molecule has 3 heteroatoms. The van der Waals surface area contributed by atoms with E-state index in [0.717, 1.165) is 26.5 Å². The van der Waals surface area contributed by atoms with Gasteiger partial charge in [0.15, 0.2) is 0 Å². The lowest BCUT2D eigenvalue weighted by molar-refractivity contribution is 0.0590. The number of hydrogen-bond donors (Lipinski definition) is 1. The van der Waals surface area contributed by atoms with Crippen LogP contribution < -0.4 is 0 Å². The van der Waals surface area contributed by atoms with E-state index >= 15 is 0 Å². The van der Waals surface area contributed by atoms with Crippen molar-refractivity contribution < 1.29 is 5.11 Å². The van der Waals surface area contributed by atoms with E-state index in [1.165, 1.54) is 0 Å². The first kappa shape index (κ1) is 14.2. The van der Waals surface area contributed by atoms with Gasteiger partial charge in [-0.1, -0.05) is 52.3 Å². The van der Waals surface area contributed by atoms with Crippen molar-refractivity contribution in [2.24, 2.45) is 0 Å². The van der Waals surface area contributed by atoms with Crippen molar-refractivity contribution in [1.82, 2.24) is 4.98 Å². The van der Waals surface area contributed by atoms with Gasteiger partial charge in [0, 0.05) is 28.0 Å². The Balaban J connectivity index is 2.01. The van der Waals surface area contributed by atoms with Gasteiger partial charge in [0.2, 0.25) is 0 Å². The summed E-state index contributed by atoms with van der Waals surface area (Å²) in [4.78, 5) is 4.44. The number of aromatic nitrogens is 1. The van der Waals surface area contributed by atoms with Crippen molar-refractivity contribution in [2.45, 2.75) is 18.9 Å². The van der Waals surface area contributed by atoms with Crippen molar-refractivity contribution in [3.8, 4) is 0 Å². The van der Waals surface area contributed by atoms with Crippen LogP contribution in [0.5, 0.6) is 0 Å². The number of nitrogens with zero attached hydrogens (tertiary/aromatic N) is 1. The maximum atomic E-state index is 11.0. The highest BCUT2D eigenvalue weighted by Crippen LogP contribution is 2.30. The molecule has 0 aliphatic rings. The second-order valence-electron chi connectivity index (χ2n) is 5.46. The van der Waals surface area contributed by atoms with Gasteiger partial charge in [-0.2, -0.15) is 0 Å². The van der Waals surface area contributed by atoms with Gasteiger partial charge in [-0.3, -0.25) is 4.98 Å². The molecule has 0 saturated carbocycles. The van der Waals surface area contributed by atoms with Gasteiger partial charge in [0.1, 0.15) is 0 Å². The smallest absolute Gasteiger partial charge is 0.0929 e. The van der Waals surface area contributed by atoms with E-state index in [2.05, 4.69) is 20.9 Å². The highest BCUT2D eigenvalue weighted by Gasteiger charge is 2.26. The molecule has 106 valence electrons. The molecule has 3 rings (SSSR count). The minimum Gasteiger partial charge on any atom is -0.385 e. The Hall–Kier alpha value is -1.71. The predicted octanol–water partition coefficient (Wildman–Crippen LogP) is 4.45. The normalized spacial score (nSPS) is 14.0. The molecule has 0 bridgehead atoms. The SMILES string of the molecule is CC(O)(Cc1ccc(Br)cc1)c1cccc2cccnc12. The first-order valence-electron chi connectivity index (χ1n) is 6.87. The van der Waals surface area contributed by atoms with Crippen LogP contribution in [0.2, 0.25) is 0 Å². The Morgan fingerprint density at radius 1 is 1.05 bits per heavy atom. The van der Waals surface area contributed by atoms with E-state index in [4.69, 9.17) is 0 Å². The number of hydrogen-bond acceptors (Lipinski definition) is 2. The summed E-state index contributed by atoms with van der Waals surface area (Å²) in [6, 6.07) is 17.9. The maximum Gasteiger partial charge on any atom is 0.0929 e. The summed E-state index contributed by atoms with van der Waals surface area (Å²) in [5.41, 5.74) is 1.86. The summed E-state index contributed by atoms with van der Waals surface area (Å²) in [6.07, 6.45) is 2.32.